The second kappa shape index (κ2) is 6.63. The first-order valence-electron chi connectivity index (χ1n) is 8.65. The van der Waals surface area contributed by atoms with Crippen LogP contribution in [0.2, 0.25) is 0 Å². The predicted octanol–water partition coefficient (Wildman–Crippen LogP) is 4.49. The fraction of sp³-hybridized carbons (Fsp3) is 0.286. The molecule has 0 bridgehead atoms. The third-order valence-corrected chi connectivity index (χ3v) is 4.57. The molecule has 4 rings (SSSR count). The van der Waals surface area contributed by atoms with E-state index in [1.165, 1.54) is 12.8 Å². The zero-order valence-corrected chi connectivity index (χ0v) is 14.3. The number of furan rings is 1. The van der Waals surface area contributed by atoms with Crippen LogP contribution in [0.25, 0.3) is 10.8 Å². The van der Waals surface area contributed by atoms with Crippen molar-refractivity contribution in [2.75, 3.05) is 13.6 Å². The molecule has 0 atom stereocenters. The lowest BCUT2D eigenvalue weighted by Gasteiger charge is -2.14. The van der Waals surface area contributed by atoms with Crippen molar-refractivity contribution in [2.45, 2.75) is 19.4 Å². The Kier molecular flexibility index (Phi) is 4.18. The van der Waals surface area contributed by atoms with Gasteiger partial charge in [-0.25, -0.2) is 0 Å². The van der Waals surface area contributed by atoms with Crippen molar-refractivity contribution in [2.24, 2.45) is 5.92 Å². The molecule has 2 aromatic carbocycles. The van der Waals surface area contributed by atoms with Crippen LogP contribution in [0.3, 0.4) is 0 Å². The molecule has 3 aromatic rings. The Morgan fingerprint density at radius 2 is 1.92 bits per heavy atom. The van der Waals surface area contributed by atoms with E-state index in [0.717, 1.165) is 23.1 Å². The lowest BCUT2D eigenvalue weighted by molar-refractivity contribution is 0.0753. The lowest BCUT2D eigenvalue weighted by Crippen LogP contribution is -2.28. The zero-order valence-electron chi connectivity index (χ0n) is 14.3. The summed E-state index contributed by atoms with van der Waals surface area (Å²) in [6.45, 7) is 1.11. The molecule has 0 aliphatic heterocycles. The first-order valence-corrected chi connectivity index (χ1v) is 8.65. The number of rotatable bonds is 6. The van der Waals surface area contributed by atoms with Crippen molar-refractivity contribution < 1.29 is 13.9 Å². The highest BCUT2D eigenvalue weighted by atomic mass is 16.5. The molecule has 25 heavy (non-hydrogen) atoms. The van der Waals surface area contributed by atoms with E-state index in [2.05, 4.69) is 12.1 Å². The molecule has 4 heteroatoms. The van der Waals surface area contributed by atoms with Gasteiger partial charge in [0, 0.05) is 19.0 Å². The molecule has 0 unspecified atom stereocenters. The summed E-state index contributed by atoms with van der Waals surface area (Å²) in [5.41, 5.74) is 0. The van der Waals surface area contributed by atoms with Gasteiger partial charge < -0.3 is 14.1 Å². The van der Waals surface area contributed by atoms with Crippen molar-refractivity contribution in [3.8, 4) is 5.75 Å². The summed E-state index contributed by atoms with van der Waals surface area (Å²) in [6.07, 6.45) is 2.44. The van der Waals surface area contributed by atoms with E-state index in [1.807, 2.05) is 43.4 Å². The Morgan fingerprint density at radius 1 is 1.12 bits per heavy atom. The standard InChI is InChI=1S/C21H21NO3/c1-22(13-15-9-10-15)21(23)20-12-11-17(25-20)14-24-19-8-4-6-16-5-2-3-7-18(16)19/h2-8,11-12,15H,9-10,13-14H2,1H3. The fourth-order valence-electron chi connectivity index (χ4n) is 3.00. The third-order valence-electron chi connectivity index (χ3n) is 4.57. The molecule has 128 valence electrons. The quantitative estimate of drug-likeness (QED) is 0.666. The van der Waals surface area contributed by atoms with Crippen LogP contribution in [0.4, 0.5) is 0 Å². The minimum Gasteiger partial charge on any atom is -0.485 e. The maximum atomic E-state index is 12.4. The lowest BCUT2D eigenvalue weighted by atomic mass is 10.1. The van der Waals surface area contributed by atoms with Crippen molar-refractivity contribution in [3.05, 3.63) is 66.1 Å². The largest absolute Gasteiger partial charge is 0.485 e. The summed E-state index contributed by atoms with van der Waals surface area (Å²) in [7, 11) is 1.83. The van der Waals surface area contributed by atoms with Crippen LogP contribution < -0.4 is 4.74 Å². The number of benzene rings is 2. The van der Waals surface area contributed by atoms with Gasteiger partial charge in [0.2, 0.25) is 0 Å². The Balaban J connectivity index is 1.43. The van der Waals surface area contributed by atoms with E-state index in [0.29, 0.717) is 24.0 Å². The second-order valence-corrected chi connectivity index (χ2v) is 6.66. The van der Waals surface area contributed by atoms with Crippen LogP contribution in [0.5, 0.6) is 5.75 Å². The van der Waals surface area contributed by atoms with E-state index in [1.54, 1.807) is 11.0 Å². The highest BCUT2D eigenvalue weighted by Crippen LogP contribution is 2.30. The van der Waals surface area contributed by atoms with E-state index >= 15 is 0 Å². The van der Waals surface area contributed by atoms with E-state index in [-0.39, 0.29) is 5.91 Å². The summed E-state index contributed by atoms with van der Waals surface area (Å²) >= 11 is 0. The van der Waals surface area contributed by atoms with Gasteiger partial charge >= 0.3 is 0 Å². The Morgan fingerprint density at radius 3 is 2.76 bits per heavy atom. The predicted molar refractivity (Wildman–Crippen MR) is 96.7 cm³/mol. The van der Waals surface area contributed by atoms with Crippen molar-refractivity contribution in [1.82, 2.24) is 4.90 Å². The molecule has 1 aliphatic carbocycles. The minimum absolute atomic E-state index is 0.0664. The summed E-state index contributed by atoms with van der Waals surface area (Å²) in [5.74, 6) is 2.44. The van der Waals surface area contributed by atoms with Crippen LogP contribution in [-0.4, -0.2) is 24.4 Å². The van der Waals surface area contributed by atoms with Gasteiger partial charge in [-0.15, -0.1) is 0 Å². The molecule has 1 heterocycles. The maximum Gasteiger partial charge on any atom is 0.289 e. The van der Waals surface area contributed by atoms with Crippen LogP contribution >= 0.6 is 0 Å². The topological polar surface area (TPSA) is 42.7 Å². The van der Waals surface area contributed by atoms with Gasteiger partial charge in [-0.05, 0) is 42.3 Å². The average molecular weight is 335 g/mol. The number of fused-ring (bicyclic) bond motifs is 1. The number of hydrogen-bond acceptors (Lipinski definition) is 3. The molecular formula is C21H21NO3. The summed E-state index contributed by atoms with van der Waals surface area (Å²) in [4.78, 5) is 14.1. The van der Waals surface area contributed by atoms with Crippen molar-refractivity contribution in [3.63, 3.8) is 0 Å². The number of hydrogen-bond donors (Lipinski definition) is 0. The van der Waals surface area contributed by atoms with Gasteiger partial charge in [0.15, 0.2) is 5.76 Å². The molecule has 0 spiro atoms. The molecule has 0 saturated heterocycles. The van der Waals surface area contributed by atoms with Crippen LogP contribution in [0.15, 0.2) is 59.0 Å². The third kappa shape index (κ3) is 3.53. The molecule has 0 N–H and O–H groups in total. The van der Waals surface area contributed by atoms with Crippen molar-refractivity contribution in [1.29, 1.82) is 0 Å². The molecule has 1 amide bonds. The Hall–Kier alpha value is -2.75. The minimum atomic E-state index is -0.0664. The molecule has 1 saturated carbocycles. The fourth-order valence-corrected chi connectivity index (χ4v) is 3.00. The van der Waals surface area contributed by atoms with Gasteiger partial charge in [0.05, 0.1) is 0 Å². The van der Waals surface area contributed by atoms with Gasteiger partial charge in [-0.1, -0.05) is 36.4 Å². The normalized spacial score (nSPS) is 13.8. The first-order chi connectivity index (χ1) is 12.2. The number of amides is 1. The van der Waals surface area contributed by atoms with Crippen molar-refractivity contribution >= 4 is 16.7 Å². The molecule has 1 fully saturated rings. The summed E-state index contributed by atoms with van der Waals surface area (Å²) < 4.78 is 11.6. The first kappa shape index (κ1) is 15.8. The van der Waals surface area contributed by atoms with Crippen LogP contribution in [0, 0.1) is 5.92 Å². The Bertz CT molecular complexity index is 890. The smallest absolute Gasteiger partial charge is 0.289 e. The molecule has 0 radical (unpaired) electrons. The summed E-state index contributed by atoms with van der Waals surface area (Å²) in [6, 6.07) is 17.6. The number of nitrogens with zero attached hydrogens (tertiary/aromatic N) is 1. The monoisotopic (exact) mass is 335 g/mol. The SMILES string of the molecule is CN(CC1CC1)C(=O)c1ccc(COc2cccc3ccccc23)o1. The van der Waals surface area contributed by atoms with E-state index < -0.39 is 0 Å². The molecule has 1 aliphatic rings. The Labute approximate surface area is 147 Å². The van der Waals surface area contributed by atoms with Crippen LogP contribution in [0.1, 0.15) is 29.2 Å². The van der Waals surface area contributed by atoms with Gasteiger partial charge in [-0.2, -0.15) is 0 Å². The van der Waals surface area contributed by atoms with E-state index in [4.69, 9.17) is 9.15 Å². The number of ether oxygens (including phenoxy) is 1. The maximum absolute atomic E-state index is 12.4. The van der Waals surface area contributed by atoms with Gasteiger partial charge in [-0.3, -0.25) is 4.79 Å². The van der Waals surface area contributed by atoms with E-state index in [9.17, 15) is 4.79 Å². The number of carbonyl (C=O) groups excluding carboxylic acids is 1. The average Bonchev–Trinajstić information content (AvgIpc) is 3.33. The second-order valence-electron chi connectivity index (χ2n) is 6.66. The van der Waals surface area contributed by atoms with Gasteiger partial charge in [0.25, 0.3) is 5.91 Å². The molecular weight excluding hydrogens is 314 g/mol. The van der Waals surface area contributed by atoms with Gasteiger partial charge in [0.1, 0.15) is 18.1 Å². The highest BCUT2D eigenvalue weighted by Gasteiger charge is 2.26. The van der Waals surface area contributed by atoms with Crippen LogP contribution in [-0.2, 0) is 6.61 Å². The summed E-state index contributed by atoms with van der Waals surface area (Å²) in [5, 5.41) is 2.20. The number of carbonyl (C=O) groups is 1. The molecule has 1 aromatic heterocycles. The zero-order chi connectivity index (χ0) is 17.2. The highest BCUT2D eigenvalue weighted by molar-refractivity contribution is 5.91. The molecule has 4 nitrogen and oxygen atoms in total.